The number of carbonyl (C=O) groups is 1. The lowest BCUT2D eigenvalue weighted by Gasteiger charge is -2.37. The van der Waals surface area contributed by atoms with E-state index in [0.717, 1.165) is 13.0 Å². The molecule has 0 aliphatic carbocycles. The van der Waals surface area contributed by atoms with E-state index in [9.17, 15) is 4.79 Å². The number of hydrogen-bond acceptors (Lipinski definition) is 1. The summed E-state index contributed by atoms with van der Waals surface area (Å²) in [6.45, 7) is 9.45. The monoisotopic (exact) mass is 183 g/mol. The quantitative estimate of drug-likeness (QED) is 0.643. The summed E-state index contributed by atoms with van der Waals surface area (Å²) in [6.07, 6.45) is 2.23. The summed E-state index contributed by atoms with van der Waals surface area (Å²) in [4.78, 5) is 13.9. The highest BCUT2D eigenvalue weighted by atomic mass is 16.2. The second-order valence-corrected chi connectivity index (χ2v) is 4.71. The zero-order valence-electron chi connectivity index (χ0n) is 9.21. The van der Waals surface area contributed by atoms with Crippen LogP contribution in [-0.2, 0) is 4.79 Å². The highest BCUT2D eigenvalue weighted by molar-refractivity contribution is 5.79. The van der Waals surface area contributed by atoms with Gasteiger partial charge >= 0.3 is 0 Å². The Labute approximate surface area is 81.3 Å². The lowest BCUT2D eigenvalue weighted by molar-refractivity contribution is -0.141. The number of carbonyl (C=O) groups excluding carboxylic acids is 1. The van der Waals surface area contributed by atoms with E-state index in [1.807, 2.05) is 6.92 Å². The molecule has 0 aromatic rings. The van der Waals surface area contributed by atoms with Crippen LogP contribution in [0.1, 0.15) is 40.5 Å². The minimum atomic E-state index is 0.245. The van der Waals surface area contributed by atoms with E-state index in [2.05, 4.69) is 25.7 Å². The first kappa shape index (κ1) is 10.6. The molecule has 2 unspecified atom stereocenters. The van der Waals surface area contributed by atoms with Gasteiger partial charge in [0, 0.05) is 18.5 Å². The smallest absolute Gasteiger partial charge is 0.225 e. The second kappa shape index (κ2) is 4.12. The predicted octanol–water partition coefficient (Wildman–Crippen LogP) is 2.29. The van der Waals surface area contributed by atoms with Crippen LogP contribution < -0.4 is 0 Å². The fourth-order valence-electron chi connectivity index (χ4n) is 1.93. The highest BCUT2D eigenvalue weighted by Gasteiger charge is 2.30. The minimum Gasteiger partial charge on any atom is -0.340 e. The van der Waals surface area contributed by atoms with E-state index in [0.29, 0.717) is 17.9 Å². The number of likely N-dealkylation sites (tertiary alicyclic amines) is 1. The Morgan fingerprint density at radius 2 is 2.00 bits per heavy atom. The van der Waals surface area contributed by atoms with E-state index < -0.39 is 0 Å². The van der Waals surface area contributed by atoms with Gasteiger partial charge in [0.05, 0.1) is 0 Å². The molecule has 0 radical (unpaired) electrons. The van der Waals surface area contributed by atoms with Gasteiger partial charge in [-0.1, -0.05) is 20.8 Å². The SMILES string of the molecule is CC(C)CN1C(=O)C(C)CCC1C. The van der Waals surface area contributed by atoms with Crippen LogP contribution in [0, 0.1) is 11.8 Å². The van der Waals surface area contributed by atoms with E-state index in [4.69, 9.17) is 0 Å². The van der Waals surface area contributed by atoms with Crippen molar-refractivity contribution in [3.05, 3.63) is 0 Å². The first-order valence-electron chi connectivity index (χ1n) is 5.32. The second-order valence-electron chi connectivity index (χ2n) is 4.71. The van der Waals surface area contributed by atoms with Crippen molar-refractivity contribution < 1.29 is 4.79 Å². The summed E-state index contributed by atoms with van der Waals surface area (Å²) in [7, 11) is 0. The number of rotatable bonds is 2. The third-order valence-corrected chi connectivity index (χ3v) is 2.82. The third kappa shape index (κ3) is 2.45. The van der Waals surface area contributed by atoms with Gasteiger partial charge in [0.1, 0.15) is 0 Å². The van der Waals surface area contributed by atoms with E-state index in [1.165, 1.54) is 6.42 Å². The first-order valence-corrected chi connectivity index (χ1v) is 5.32. The maximum absolute atomic E-state index is 11.8. The molecular weight excluding hydrogens is 162 g/mol. The lowest BCUT2D eigenvalue weighted by atomic mass is 9.93. The Hall–Kier alpha value is -0.530. The molecule has 1 amide bonds. The molecule has 0 N–H and O–H groups in total. The molecule has 0 aromatic carbocycles. The molecule has 1 saturated heterocycles. The number of amides is 1. The maximum Gasteiger partial charge on any atom is 0.225 e. The van der Waals surface area contributed by atoms with Gasteiger partial charge in [0.15, 0.2) is 0 Å². The molecule has 0 bridgehead atoms. The zero-order chi connectivity index (χ0) is 10.0. The first-order chi connectivity index (χ1) is 6.02. The van der Waals surface area contributed by atoms with Gasteiger partial charge in [-0.25, -0.2) is 0 Å². The molecule has 76 valence electrons. The Morgan fingerprint density at radius 3 is 2.54 bits per heavy atom. The topological polar surface area (TPSA) is 20.3 Å². The summed E-state index contributed by atoms with van der Waals surface area (Å²) in [6, 6.07) is 0.450. The van der Waals surface area contributed by atoms with Gasteiger partial charge in [0.25, 0.3) is 0 Å². The maximum atomic E-state index is 11.8. The van der Waals surface area contributed by atoms with Crippen LogP contribution in [0.5, 0.6) is 0 Å². The fourth-order valence-corrected chi connectivity index (χ4v) is 1.93. The number of hydrogen-bond donors (Lipinski definition) is 0. The lowest BCUT2D eigenvalue weighted by Crippen LogP contribution is -2.47. The van der Waals surface area contributed by atoms with Crippen LogP contribution >= 0.6 is 0 Å². The number of nitrogens with zero attached hydrogens (tertiary/aromatic N) is 1. The van der Waals surface area contributed by atoms with Crippen LogP contribution in [0.4, 0.5) is 0 Å². The molecular formula is C11H21NO. The largest absolute Gasteiger partial charge is 0.340 e. The van der Waals surface area contributed by atoms with Crippen LogP contribution in [0.15, 0.2) is 0 Å². The van der Waals surface area contributed by atoms with Crippen LogP contribution in [0.3, 0.4) is 0 Å². The molecule has 1 aliphatic rings. The van der Waals surface area contributed by atoms with E-state index >= 15 is 0 Å². The van der Waals surface area contributed by atoms with E-state index in [1.54, 1.807) is 0 Å². The summed E-state index contributed by atoms with van der Waals surface area (Å²) in [5, 5.41) is 0. The van der Waals surface area contributed by atoms with Crippen molar-refractivity contribution in [1.82, 2.24) is 4.90 Å². The molecule has 2 atom stereocenters. The molecule has 13 heavy (non-hydrogen) atoms. The summed E-state index contributed by atoms with van der Waals surface area (Å²) in [5.74, 6) is 1.18. The van der Waals surface area contributed by atoms with Gasteiger partial charge in [-0.05, 0) is 25.7 Å². The van der Waals surface area contributed by atoms with Crippen molar-refractivity contribution >= 4 is 5.91 Å². The molecule has 2 heteroatoms. The summed E-state index contributed by atoms with van der Waals surface area (Å²) in [5.41, 5.74) is 0. The van der Waals surface area contributed by atoms with Crippen molar-refractivity contribution in [2.75, 3.05) is 6.54 Å². The minimum absolute atomic E-state index is 0.245. The van der Waals surface area contributed by atoms with Gasteiger partial charge in [-0.2, -0.15) is 0 Å². The van der Waals surface area contributed by atoms with Crippen molar-refractivity contribution in [3.63, 3.8) is 0 Å². The Morgan fingerprint density at radius 1 is 1.38 bits per heavy atom. The Balaban J connectivity index is 2.61. The highest BCUT2D eigenvalue weighted by Crippen LogP contribution is 2.23. The van der Waals surface area contributed by atoms with Crippen molar-refractivity contribution in [2.45, 2.75) is 46.6 Å². The zero-order valence-corrected chi connectivity index (χ0v) is 9.21. The van der Waals surface area contributed by atoms with Gasteiger partial charge in [0.2, 0.25) is 5.91 Å². The molecule has 2 nitrogen and oxygen atoms in total. The standard InChI is InChI=1S/C11H21NO/c1-8(2)7-12-10(4)6-5-9(3)11(12)13/h8-10H,5-7H2,1-4H3. The molecule has 1 fully saturated rings. The predicted molar refractivity (Wildman–Crippen MR) is 54.4 cm³/mol. The average Bonchev–Trinajstić information content (AvgIpc) is 2.05. The molecule has 1 aliphatic heterocycles. The molecule has 1 heterocycles. The van der Waals surface area contributed by atoms with Gasteiger partial charge < -0.3 is 4.90 Å². The molecule has 0 saturated carbocycles. The summed E-state index contributed by atoms with van der Waals surface area (Å²) < 4.78 is 0. The van der Waals surface area contributed by atoms with Crippen LogP contribution in [-0.4, -0.2) is 23.4 Å². The normalized spacial score (nSPS) is 29.9. The average molecular weight is 183 g/mol. The fraction of sp³-hybridized carbons (Fsp3) is 0.909. The van der Waals surface area contributed by atoms with Crippen molar-refractivity contribution in [3.8, 4) is 0 Å². The van der Waals surface area contributed by atoms with Gasteiger partial charge in [-0.3, -0.25) is 4.79 Å². The summed E-state index contributed by atoms with van der Waals surface area (Å²) >= 11 is 0. The Kier molecular flexibility index (Phi) is 3.34. The molecule has 1 rings (SSSR count). The number of piperidine rings is 1. The Bertz CT molecular complexity index is 189. The van der Waals surface area contributed by atoms with Crippen molar-refractivity contribution in [2.24, 2.45) is 11.8 Å². The van der Waals surface area contributed by atoms with Crippen LogP contribution in [0.2, 0.25) is 0 Å². The molecule has 0 aromatic heterocycles. The third-order valence-electron chi connectivity index (χ3n) is 2.82. The molecule has 0 spiro atoms. The van der Waals surface area contributed by atoms with Gasteiger partial charge in [-0.15, -0.1) is 0 Å². The van der Waals surface area contributed by atoms with Crippen molar-refractivity contribution in [1.29, 1.82) is 0 Å². The van der Waals surface area contributed by atoms with E-state index in [-0.39, 0.29) is 5.92 Å². The van der Waals surface area contributed by atoms with Crippen LogP contribution in [0.25, 0.3) is 0 Å².